The molecule has 0 aliphatic carbocycles. The van der Waals surface area contributed by atoms with Crippen molar-refractivity contribution in [3.63, 3.8) is 0 Å². The molecule has 0 aromatic heterocycles. The summed E-state index contributed by atoms with van der Waals surface area (Å²) in [4.78, 5) is 11.2. The van der Waals surface area contributed by atoms with Gasteiger partial charge in [-0.1, -0.05) is 53.2 Å². The van der Waals surface area contributed by atoms with Crippen LogP contribution >= 0.6 is 0 Å². The van der Waals surface area contributed by atoms with E-state index in [1.165, 1.54) is 0 Å². The molecule has 0 radical (unpaired) electrons. The molecule has 0 amide bonds. The second-order valence-corrected chi connectivity index (χ2v) is 12.6. The van der Waals surface area contributed by atoms with Crippen LogP contribution in [-0.4, -0.2) is 19.5 Å². The van der Waals surface area contributed by atoms with Gasteiger partial charge in [0.05, 0.1) is 13.6 Å². The molecule has 1 aromatic carbocycles. The van der Waals surface area contributed by atoms with E-state index in [-0.39, 0.29) is 5.75 Å². The van der Waals surface area contributed by atoms with Crippen LogP contribution in [0.1, 0.15) is 57.5 Å². The van der Waals surface area contributed by atoms with Gasteiger partial charge in [0.25, 0.3) is 0 Å². The maximum absolute atomic E-state index is 11.2. The van der Waals surface area contributed by atoms with E-state index in [9.17, 15) is 9.90 Å². The lowest BCUT2D eigenvalue weighted by Crippen LogP contribution is -2.55. The zero-order chi connectivity index (χ0) is 15.7. The Bertz CT molecular complexity index is 468. The van der Waals surface area contributed by atoms with Gasteiger partial charge in [-0.15, -0.1) is 0 Å². The quantitative estimate of drug-likeness (QED) is 0.645. The Labute approximate surface area is 124 Å². The van der Waals surface area contributed by atoms with Crippen molar-refractivity contribution in [1.82, 2.24) is 0 Å². The Kier molecular flexibility index (Phi) is 5.19. The van der Waals surface area contributed by atoms with Crippen molar-refractivity contribution in [2.24, 2.45) is 0 Å². The monoisotopic (exact) mass is 292 g/mol. The lowest BCUT2D eigenvalue weighted by molar-refractivity contribution is 0.112. The van der Waals surface area contributed by atoms with E-state index in [0.717, 1.165) is 17.0 Å². The van der Waals surface area contributed by atoms with Crippen LogP contribution in [0.3, 0.4) is 0 Å². The van der Waals surface area contributed by atoms with Gasteiger partial charge in [0, 0.05) is 0 Å². The molecule has 0 aliphatic heterocycles. The summed E-state index contributed by atoms with van der Waals surface area (Å²) in [5.41, 5.74) is 3.01. The molecule has 20 heavy (non-hydrogen) atoms. The third-order valence-corrected chi connectivity index (χ3v) is 11.8. The van der Waals surface area contributed by atoms with Crippen LogP contribution in [-0.2, 0) is 0 Å². The number of aromatic hydroxyl groups is 1. The van der Waals surface area contributed by atoms with Crippen molar-refractivity contribution in [1.29, 1.82) is 0 Å². The first kappa shape index (κ1) is 17.0. The van der Waals surface area contributed by atoms with Gasteiger partial charge in [-0.25, -0.2) is 0 Å². The molecule has 0 atom stereocenters. The largest absolute Gasteiger partial charge is 0.507 e. The van der Waals surface area contributed by atoms with Gasteiger partial charge in [0.2, 0.25) is 0 Å². The fourth-order valence-electron chi connectivity index (χ4n) is 4.16. The average Bonchev–Trinajstić information content (AvgIpc) is 2.32. The molecule has 0 unspecified atom stereocenters. The van der Waals surface area contributed by atoms with Crippen molar-refractivity contribution in [2.45, 2.75) is 65.1 Å². The molecule has 2 nitrogen and oxygen atoms in total. The Hall–Kier alpha value is -1.09. The molecule has 0 aliphatic rings. The molecule has 1 N–H and O–H groups in total. The van der Waals surface area contributed by atoms with E-state index in [1.54, 1.807) is 6.07 Å². The summed E-state index contributed by atoms with van der Waals surface area (Å²) in [6, 6.07) is 3.88. The Morgan fingerprint density at radius 1 is 1.00 bits per heavy atom. The van der Waals surface area contributed by atoms with Crippen LogP contribution < -0.4 is 5.19 Å². The normalized spacial score (nSPS) is 12.5. The van der Waals surface area contributed by atoms with Gasteiger partial charge in [-0.3, -0.25) is 4.79 Å². The summed E-state index contributed by atoms with van der Waals surface area (Å²) >= 11 is 0. The smallest absolute Gasteiger partial charge is 0.153 e. The fraction of sp³-hybridized carbons (Fsp3) is 0.588. The first-order valence-electron chi connectivity index (χ1n) is 7.48. The van der Waals surface area contributed by atoms with Crippen LogP contribution in [0.2, 0.25) is 16.6 Å². The molecule has 0 saturated carbocycles. The third kappa shape index (κ3) is 2.56. The number of aldehydes is 1. The molecular weight excluding hydrogens is 264 g/mol. The molecule has 1 rings (SSSR count). The predicted octanol–water partition coefficient (Wildman–Crippen LogP) is 4.40. The number of rotatable bonds is 5. The van der Waals surface area contributed by atoms with Crippen LogP contribution in [0.15, 0.2) is 12.1 Å². The van der Waals surface area contributed by atoms with E-state index in [1.807, 2.05) is 6.92 Å². The first-order valence-corrected chi connectivity index (χ1v) is 9.71. The molecule has 0 spiro atoms. The standard InChI is InChI=1S/C17H28O2Si/c1-11(2)20(12(3)4,13(5)6)16-9-14(7)8-15(10-18)17(16)19/h8-13,19H,1-7H3. The van der Waals surface area contributed by atoms with Crippen LogP contribution in [0.25, 0.3) is 0 Å². The molecule has 3 heteroatoms. The van der Waals surface area contributed by atoms with E-state index in [0.29, 0.717) is 22.2 Å². The van der Waals surface area contributed by atoms with E-state index in [2.05, 4.69) is 47.6 Å². The maximum atomic E-state index is 11.2. The second kappa shape index (κ2) is 6.13. The molecular formula is C17H28O2Si. The van der Waals surface area contributed by atoms with E-state index >= 15 is 0 Å². The molecule has 0 saturated heterocycles. The van der Waals surface area contributed by atoms with Gasteiger partial charge in [-0.05, 0) is 34.8 Å². The Morgan fingerprint density at radius 2 is 1.45 bits per heavy atom. The van der Waals surface area contributed by atoms with Gasteiger partial charge in [-0.2, -0.15) is 0 Å². The van der Waals surface area contributed by atoms with Crippen molar-refractivity contribution in [3.8, 4) is 5.75 Å². The number of carbonyl (C=O) groups is 1. The average molecular weight is 292 g/mol. The topological polar surface area (TPSA) is 37.3 Å². The zero-order valence-corrected chi connectivity index (χ0v) is 14.8. The summed E-state index contributed by atoms with van der Waals surface area (Å²) in [5, 5.41) is 11.7. The highest BCUT2D eigenvalue weighted by Gasteiger charge is 2.46. The third-order valence-electron chi connectivity index (χ3n) is 4.74. The van der Waals surface area contributed by atoms with Gasteiger partial charge in [0.1, 0.15) is 5.75 Å². The molecule has 112 valence electrons. The van der Waals surface area contributed by atoms with Gasteiger partial charge >= 0.3 is 0 Å². The maximum Gasteiger partial charge on any atom is 0.153 e. The van der Waals surface area contributed by atoms with E-state index < -0.39 is 8.07 Å². The lowest BCUT2D eigenvalue weighted by Gasteiger charge is -2.44. The van der Waals surface area contributed by atoms with Crippen LogP contribution in [0.5, 0.6) is 5.75 Å². The summed E-state index contributed by atoms with van der Waals surface area (Å²) in [7, 11) is -1.94. The highest BCUT2D eigenvalue weighted by Crippen LogP contribution is 2.43. The van der Waals surface area contributed by atoms with Crippen molar-refractivity contribution >= 4 is 19.5 Å². The first-order chi connectivity index (χ1) is 9.19. The number of benzene rings is 1. The lowest BCUT2D eigenvalue weighted by atomic mass is 10.1. The molecule has 0 fully saturated rings. The highest BCUT2D eigenvalue weighted by atomic mass is 28.3. The Morgan fingerprint density at radius 3 is 1.80 bits per heavy atom. The highest BCUT2D eigenvalue weighted by molar-refractivity contribution is 6.95. The molecule has 0 heterocycles. The second-order valence-electron chi connectivity index (χ2n) is 6.77. The van der Waals surface area contributed by atoms with Gasteiger partial charge in [0.15, 0.2) is 6.29 Å². The van der Waals surface area contributed by atoms with Crippen molar-refractivity contribution in [2.75, 3.05) is 0 Å². The number of phenols is 1. The Balaban J connectivity index is 3.74. The van der Waals surface area contributed by atoms with Crippen LogP contribution in [0.4, 0.5) is 0 Å². The van der Waals surface area contributed by atoms with Gasteiger partial charge < -0.3 is 5.11 Å². The summed E-state index contributed by atoms with van der Waals surface area (Å²) in [6.07, 6.45) is 0.770. The zero-order valence-electron chi connectivity index (χ0n) is 13.8. The molecule has 0 bridgehead atoms. The minimum absolute atomic E-state index is 0.216. The number of hydrogen-bond acceptors (Lipinski definition) is 2. The number of aryl methyl sites for hydroxylation is 1. The van der Waals surface area contributed by atoms with E-state index in [4.69, 9.17) is 0 Å². The summed E-state index contributed by atoms with van der Waals surface area (Å²) < 4.78 is 0. The minimum Gasteiger partial charge on any atom is -0.507 e. The SMILES string of the molecule is Cc1cc(C=O)c(O)c([Si](C(C)C)(C(C)C)C(C)C)c1. The van der Waals surface area contributed by atoms with Crippen molar-refractivity contribution in [3.05, 3.63) is 23.3 Å². The fourth-order valence-corrected chi connectivity index (χ4v) is 11.1. The number of carbonyl (C=O) groups excluding carboxylic acids is 1. The number of phenolic OH excluding ortho intramolecular Hbond substituents is 1. The molecule has 1 aromatic rings. The number of hydrogen-bond donors (Lipinski definition) is 1. The predicted molar refractivity (Wildman–Crippen MR) is 88.9 cm³/mol. The summed E-state index contributed by atoms with van der Waals surface area (Å²) in [5.74, 6) is 0.216. The van der Waals surface area contributed by atoms with Crippen LogP contribution in [0, 0.1) is 6.92 Å². The minimum atomic E-state index is -1.94. The van der Waals surface area contributed by atoms with Crippen molar-refractivity contribution < 1.29 is 9.90 Å². The summed E-state index contributed by atoms with van der Waals surface area (Å²) in [6.45, 7) is 15.5.